The molecule has 1 saturated heterocycles. The van der Waals surface area contributed by atoms with Crippen molar-refractivity contribution in [3.63, 3.8) is 0 Å². The average molecular weight is 319 g/mol. The first kappa shape index (κ1) is 12.8. The van der Waals surface area contributed by atoms with Crippen molar-refractivity contribution < 1.29 is 4.79 Å². The minimum absolute atomic E-state index is 0.0132. The van der Waals surface area contributed by atoms with Gasteiger partial charge in [-0.1, -0.05) is 18.0 Å². The molecule has 0 aromatic carbocycles. The van der Waals surface area contributed by atoms with Crippen molar-refractivity contribution >= 4 is 39.1 Å². The summed E-state index contributed by atoms with van der Waals surface area (Å²) in [7, 11) is 0. The number of hydrogen-bond acceptors (Lipinski definition) is 3. The number of nitrogens with zero attached hydrogens (tertiary/aromatic N) is 1. The van der Waals surface area contributed by atoms with Crippen LogP contribution in [0.2, 0.25) is 5.15 Å². The van der Waals surface area contributed by atoms with E-state index in [1.807, 2.05) is 0 Å². The Morgan fingerprint density at radius 3 is 3.06 bits per heavy atom. The number of hydrogen-bond donors (Lipinski definition) is 2. The van der Waals surface area contributed by atoms with Crippen LogP contribution in [0.15, 0.2) is 16.7 Å². The molecular weight excluding hydrogens is 305 g/mol. The molecule has 0 saturated carbocycles. The number of anilines is 1. The zero-order valence-corrected chi connectivity index (χ0v) is 11.5. The summed E-state index contributed by atoms with van der Waals surface area (Å²) in [4.78, 5) is 15.9. The predicted molar refractivity (Wildman–Crippen MR) is 71.2 cm³/mol. The van der Waals surface area contributed by atoms with Crippen LogP contribution >= 0.6 is 27.5 Å². The van der Waals surface area contributed by atoms with Crippen LogP contribution in [0.4, 0.5) is 5.69 Å². The Kier molecular flexibility index (Phi) is 4.36. The van der Waals surface area contributed by atoms with E-state index in [0.717, 1.165) is 25.8 Å². The van der Waals surface area contributed by atoms with E-state index in [0.29, 0.717) is 15.3 Å². The second-order valence-electron chi connectivity index (χ2n) is 3.99. The molecular formula is C11H13BrClN3O. The number of piperidine rings is 1. The minimum atomic E-state index is -0.0989. The number of amides is 1. The average Bonchev–Trinajstić information content (AvgIpc) is 2.35. The summed E-state index contributed by atoms with van der Waals surface area (Å²) < 4.78 is 0.675. The Balaban J connectivity index is 1.99. The van der Waals surface area contributed by atoms with Gasteiger partial charge in [0, 0.05) is 0 Å². The summed E-state index contributed by atoms with van der Waals surface area (Å²) >= 11 is 9.05. The van der Waals surface area contributed by atoms with Crippen LogP contribution in [0.3, 0.4) is 0 Å². The quantitative estimate of drug-likeness (QED) is 0.824. The minimum Gasteiger partial charge on any atom is -0.323 e. The van der Waals surface area contributed by atoms with Gasteiger partial charge in [-0.3, -0.25) is 4.79 Å². The fourth-order valence-electron chi connectivity index (χ4n) is 1.79. The number of aromatic nitrogens is 1. The van der Waals surface area contributed by atoms with E-state index in [1.165, 1.54) is 0 Å². The lowest BCUT2D eigenvalue weighted by atomic mass is 10.0. The van der Waals surface area contributed by atoms with Crippen LogP contribution in [0.5, 0.6) is 0 Å². The molecule has 1 aliphatic heterocycles. The van der Waals surface area contributed by atoms with Crippen LogP contribution in [0, 0.1) is 0 Å². The maximum atomic E-state index is 11.9. The lowest BCUT2D eigenvalue weighted by molar-refractivity contribution is -0.118. The number of rotatable bonds is 2. The first-order chi connectivity index (χ1) is 8.16. The van der Waals surface area contributed by atoms with E-state index in [2.05, 4.69) is 31.5 Å². The van der Waals surface area contributed by atoms with Crippen molar-refractivity contribution in [2.45, 2.75) is 25.3 Å². The van der Waals surface area contributed by atoms with Crippen LogP contribution in [0.25, 0.3) is 0 Å². The van der Waals surface area contributed by atoms with Gasteiger partial charge in [-0.05, 0) is 41.4 Å². The third kappa shape index (κ3) is 3.40. The third-order valence-electron chi connectivity index (χ3n) is 2.69. The van der Waals surface area contributed by atoms with Crippen molar-refractivity contribution in [3.05, 3.63) is 21.9 Å². The lowest BCUT2D eigenvalue weighted by Gasteiger charge is -2.22. The summed E-state index contributed by atoms with van der Waals surface area (Å²) in [6.45, 7) is 0.903. The second-order valence-corrected chi connectivity index (χ2v) is 5.20. The molecule has 92 valence electrons. The Labute approximate surface area is 113 Å². The van der Waals surface area contributed by atoms with Crippen molar-refractivity contribution in [1.29, 1.82) is 0 Å². The van der Waals surface area contributed by atoms with E-state index in [4.69, 9.17) is 11.6 Å². The van der Waals surface area contributed by atoms with Crippen molar-refractivity contribution in [3.8, 4) is 0 Å². The van der Waals surface area contributed by atoms with Gasteiger partial charge in [0.1, 0.15) is 5.15 Å². The normalized spacial score (nSPS) is 20.0. The summed E-state index contributed by atoms with van der Waals surface area (Å²) in [6, 6.07) is 1.65. The molecule has 6 heteroatoms. The summed E-state index contributed by atoms with van der Waals surface area (Å²) in [6.07, 6.45) is 4.66. The molecule has 4 nitrogen and oxygen atoms in total. The highest BCUT2D eigenvalue weighted by Crippen LogP contribution is 2.23. The molecule has 1 atom stereocenters. The molecule has 0 bridgehead atoms. The van der Waals surface area contributed by atoms with E-state index in [1.54, 1.807) is 12.3 Å². The SMILES string of the molecule is O=C(Nc1cnc(Cl)c(Br)c1)[C@@H]1CCCCN1. The van der Waals surface area contributed by atoms with E-state index < -0.39 is 0 Å². The maximum Gasteiger partial charge on any atom is 0.241 e. The number of carbonyl (C=O) groups excluding carboxylic acids is 1. The van der Waals surface area contributed by atoms with Gasteiger partial charge < -0.3 is 10.6 Å². The summed E-state index contributed by atoms with van der Waals surface area (Å²) in [5.74, 6) is -0.0132. The monoisotopic (exact) mass is 317 g/mol. The van der Waals surface area contributed by atoms with Gasteiger partial charge in [0.2, 0.25) is 5.91 Å². The fourth-order valence-corrected chi connectivity index (χ4v) is 2.25. The smallest absolute Gasteiger partial charge is 0.241 e. The highest BCUT2D eigenvalue weighted by Gasteiger charge is 2.20. The third-order valence-corrected chi connectivity index (χ3v) is 3.82. The van der Waals surface area contributed by atoms with Crippen molar-refractivity contribution in [1.82, 2.24) is 10.3 Å². The van der Waals surface area contributed by atoms with Crippen molar-refractivity contribution in [2.24, 2.45) is 0 Å². The summed E-state index contributed by atoms with van der Waals surface area (Å²) in [5.41, 5.74) is 0.652. The maximum absolute atomic E-state index is 11.9. The molecule has 0 unspecified atom stereocenters. The lowest BCUT2D eigenvalue weighted by Crippen LogP contribution is -2.43. The number of pyridine rings is 1. The first-order valence-corrected chi connectivity index (χ1v) is 6.69. The number of carbonyl (C=O) groups is 1. The topological polar surface area (TPSA) is 54.0 Å². The van der Waals surface area contributed by atoms with Gasteiger partial charge in [-0.2, -0.15) is 0 Å². The van der Waals surface area contributed by atoms with Crippen LogP contribution < -0.4 is 10.6 Å². The second kappa shape index (κ2) is 5.80. The Morgan fingerprint density at radius 2 is 2.41 bits per heavy atom. The Morgan fingerprint density at radius 1 is 1.59 bits per heavy atom. The van der Waals surface area contributed by atoms with Crippen LogP contribution in [-0.4, -0.2) is 23.5 Å². The van der Waals surface area contributed by atoms with Crippen LogP contribution in [-0.2, 0) is 4.79 Å². The molecule has 1 aromatic heterocycles. The molecule has 1 aliphatic rings. The molecule has 1 amide bonds. The number of nitrogens with one attached hydrogen (secondary N) is 2. The molecule has 1 fully saturated rings. The van der Waals surface area contributed by atoms with Crippen LogP contribution in [0.1, 0.15) is 19.3 Å². The zero-order chi connectivity index (χ0) is 12.3. The molecule has 1 aromatic rings. The van der Waals surface area contributed by atoms with Gasteiger partial charge >= 0.3 is 0 Å². The number of halogens is 2. The van der Waals surface area contributed by atoms with E-state index >= 15 is 0 Å². The van der Waals surface area contributed by atoms with Gasteiger partial charge in [-0.15, -0.1) is 0 Å². The predicted octanol–water partition coefficient (Wildman–Crippen LogP) is 2.58. The standard InChI is InChI=1S/C11H13BrClN3O/c12-8-5-7(6-15-10(8)13)16-11(17)9-3-1-2-4-14-9/h5-6,9,14H,1-4H2,(H,16,17)/t9-/m0/s1. The van der Waals surface area contributed by atoms with Gasteiger partial charge in [0.05, 0.1) is 22.4 Å². The molecule has 0 radical (unpaired) electrons. The van der Waals surface area contributed by atoms with E-state index in [9.17, 15) is 4.79 Å². The Bertz CT molecular complexity index is 421. The van der Waals surface area contributed by atoms with Crippen molar-refractivity contribution in [2.75, 3.05) is 11.9 Å². The molecule has 2 N–H and O–H groups in total. The molecule has 0 spiro atoms. The van der Waals surface area contributed by atoms with E-state index in [-0.39, 0.29) is 11.9 Å². The van der Waals surface area contributed by atoms with Gasteiger partial charge in [0.25, 0.3) is 0 Å². The van der Waals surface area contributed by atoms with Gasteiger partial charge in [0.15, 0.2) is 0 Å². The highest BCUT2D eigenvalue weighted by atomic mass is 79.9. The molecule has 0 aliphatic carbocycles. The highest BCUT2D eigenvalue weighted by molar-refractivity contribution is 9.10. The fraction of sp³-hybridized carbons (Fsp3) is 0.455. The van der Waals surface area contributed by atoms with Gasteiger partial charge in [-0.25, -0.2) is 4.98 Å². The molecule has 2 rings (SSSR count). The molecule has 2 heterocycles. The first-order valence-electron chi connectivity index (χ1n) is 5.52. The molecule has 17 heavy (non-hydrogen) atoms. The summed E-state index contributed by atoms with van der Waals surface area (Å²) in [5, 5.41) is 6.41. The largest absolute Gasteiger partial charge is 0.323 e. The Hall–Kier alpha value is -0.650. The zero-order valence-electron chi connectivity index (χ0n) is 9.17.